The summed E-state index contributed by atoms with van der Waals surface area (Å²) in [5, 5.41) is 20.1. The van der Waals surface area contributed by atoms with Crippen molar-refractivity contribution in [2.24, 2.45) is 5.73 Å². The second-order valence-corrected chi connectivity index (χ2v) is 12.7. The number of nitrogens with two attached hydrogens (primary N) is 1. The number of thioether (sulfide) groups is 1. The van der Waals surface area contributed by atoms with E-state index in [1.165, 1.54) is 0 Å². The Bertz CT molecular complexity index is 1870. The molecule has 4 atom stereocenters. The SMILES string of the molecule is CSCCC(N)C(=O)NC(Cc1c[nH]c2ccccc12)C(=O)NC(Cc1c[nH]c2ccccc12)C(=O)NC(Cc1ccccc1)C(=O)O. The van der Waals surface area contributed by atoms with Gasteiger partial charge in [0.2, 0.25) is 17.7 Å². The lowest BCUT2D eigenvalue weighted by Crippen LogP contribution is -2.58. The predicted octanol–water partition coefficient (Wildman–Crippen LogP) is 3.30. The van der Waals surface area contributed by atoms with Crippen LogP contribution in [0.3, 0.4) is 0 Å². The molecule has 12 heteroatoms. The molecule has 2 heterocycles. The van der Waals surface area contributed by atoms with E-state index in [0.717, 1.165) is 38.5 Å². The van der Waals surface area contributed by atoms with E-state index in [2.05, 4.69) is 25.9 Å². The van der Waals surface area contributed by atoms with Gasteiger partial charge in [-0.2, -0.15) is 11.8 Å². The summed E-state index contributed by atoms with van der Waals surface area (Å²) in [5.41, 5.74) is 10.2. The molecule has 48 heavy (non-hydrogen) atoms. The molecule has 5 aromatic rings. The average molecular weight is 669 g/mol. The molecule has 0 radical (unpaired) electrons. The van der Waals surface area contributed by atoms with Gasteiger partial charge < -0.3 is 36.8 Å². The van der Waals surface area contributed by atoms with Gasteiger partial charge in [-0.05, 0) is 47.3 Å². The predicted molar refractivity (Wildman–Crippen MR) is 189 cm³/mol. The fraction of sp³-hybridized carbons (Fsp3) is 0.278. The van der Waals surface area contributed by atoms with Gasteiger partial charge in [-0.15, -0.1) is 0 Å². The molecule has 250 valence electrons. The Labute approximate surface area is 282 Å². The minimum absolute atomic E-state index is 0.0584. The number of carboxylic acids is 1. The molecule has 0 bridgehead atoms. The number of para-hydroxylation sites is 2. The summed E-state index contributed by atoms with van der Waals surface area (Å²) in [6, 6.07) is 19.9. The third-order valence-electron chi connectivity index (χ3n) is 8.33. The first kappa shape index (κ1) is 34.3. The summed E-state index contributed by atoms with van der Waals surface area (Å²) >= 11 is 1.57. The van der Waals surface area contributed by atoms with Crippen LogP contribution in [0.5, 0.6) is 0 Å². The number of carboxylic acid groups (broad SMARTS) is 1. The van der Waals surface area contributed by atoms with Crippen LogP contribution in [0.2, 0.25) is 0 Å². The minimum atomic E-state index is -1.24. The van der Waals surface area contributed by atoms with Gasteiger partial charge in [0.15, 0.2) is 0 Å². The molecule has 3 aromatic carbocycles. The Morgan fingerprint density at radius 3 is 1.69 bits per heavy atom. The van der Waals surface area contributed by atoms with Gasteiger partial charge in [-0.25, -0.2) is 4.79 Å². The molecule has 0 aliphatic rings. The molecule has 0 saturated heterocycles. The molecule has 8 N–H and O–H groups in total. The number of carbonyl (C=O) groups excluding carboxylic acids is 3. The van der Waals surface area contributed by atoms with Gasteiger partial charge in [0.05, 0.1) is 6.04 Å². The third kappa shape index (κ3) is 8.64. The Morgan fingerprint density at radius 2 is 1.17 bits per heavy atom. The standard InChI is InChI=1S/C36H40N6O5S/c1-48-16-15-27(37)33(43)40-30(18-23-20-38-28-13-7-5-11-25(23)28)34(44)41-31(19-24-21-39-29-14-8-6-12-26(24)29)35(45)42-32(36(46)47)17-22-9-3-2-4-10-22/h2-14,20-21,27,30-32,38-39H,15-19,37H2,1H3,(H,40,43)(H,41,44)(H,42,45)(H,46,47). The van der Waals surface area contributed by atoms with Gasteiger partial charge >= 0.3 is 5.97 Å². The van der Waals surface area contributed by atoms with E-state index in [1.54, 1.807) is 48.4 Å². The maximum atomic E-state index is 14.1. The molecule has 0 aliphatic heterocycles. The highest BCUT2D eigenvalue weighted by Gasteiger charge is 2.31. The van der Waals surface area contributed by atoms with Crippen LogP contribution in [0.15, 0.2) is 91.3 Å². The van der Waals surface area contributed by atoms with Crippen LogP contribution in [0.4, 0.5) is 0 Å². The fourth-order valence-corrected chi connectivity index (χ4v) is 6.20. The molecule has 0 fully saturated rings. The zero-order valence-electron chi connectivity index (χ0n) is 26.6. The molecule has 0 aliphatic carbocycles. The van der Waals surface area contributed by atoms with Crippen LogP contribution in [-0.4, -0.2) is 74.9 Å². The topological polar surface area (TPSA) is 182 Å². The van der Waals surface area contributed by atoms with Crippen molar-refractivity contribution in [3.63, 3.8) is 0 Å². The van der Waals surface area contributed by atoms with Crippen LogP contribution in [-0.2, 0) is 38.4 Å². The van der Waals surface area contributed by atoms with E-state index in [-0.39, 0.29) is 19.3 Å². The number of benzene rings is 3. The summed E-state index contributed by atoms with van der Waals surface area (Å²) in [4.78, 5) is 59.8. The monoisotopic (exact) mass is 668 g/mol. The van der Waals surface area contributed by atoms with Gasteiger partial charge in [0, 0.05) is 53.5 Å². The largest absolute Gasteiger partial charge is 0.480 e. The van der Waals surface area contributed by atoms with Crippen LogP contribution in [0.25, 0.3) is 21.8 Å². The molecule has 2 aromatic heterocycles. The number of aliphatic carboxylic acids is 1. The Balaban J connectivity index is 1.43. The number of carbonyl (C=O) groups is 4. The van der Waals surface area contributed by atoms with E-state index >= 15 is 0 Å². The Hall–Kier alpha value is -5.07. The number of aromatic nitrogens is 2. The summed E-state index contributed by atoms with van der Waals surface area (Å²) in [7, 11) is 0. The highest BCUT2D eigenvalue weighted by atomic mass is 32.2. The van der Waals surface area contributed by atoms with Crippen molar-refractivity contribution in [1.29, 1.82) is 0 Å². The minimum Gasteiger partial charge on any atom is -0.480 e. The van der Waals surface area contributed by atoms with Crippen molar-refractivity contribution in [3.05, 3.63) is 108 Å². The molecule has 11 nitrogen and oxygen atoms in total. The van der Waals surface area contributed by atoms with Crippen molar-refractivity contribution in [2.75, 3.05) is 12.0 Å². The number of hydrogen-bond donors (Lipinski definition) is 7. The second kappa shape index (κ2) is 16.2. The van der Waals surface area contributed by atoms with Crippen LogP contribution in [0, 0.1) is 0 Å². The van der Waals surface area contributed by atoms with Gasteiger partial charge in [0.25, 0.3) is 0 Å². The van der Waals surface area contributed by atoms with E-state index in [1.807, 2.05) is 60.9 Å². The number of fused-ring (bicyclic) bond motifs is 2. The molecule has 0 saturated carbocycles. The van der Waals surface area contributed by atoms with E-state index in [9.17, 15) is 24.3 Å². The summed E-state index contributed by atoms with van der Waals surface area (Å²) in [6.07, 6.45) is 6.17. The van der Waals surface area contributed by atoms with Gasteiger partial charge in [0.1, 0.15) is 18.1 Å². The maximum absolute atomic E-state index is 14.1. The van der Waals surface area contributed by atoms with Gasteiger partial charge in [-0.3, -0.25) is 14.4 Å². The fourth-order valence-electron chi connectivity index (χ4n) is 5.71. The van der Waals surface area contributed by atoms with E-state index in [4.69, 9.17) is 5.73 Å². The summed E-state index contributed by atoms with van der Waals surface area (Å²) in [5.74, 6) is -2.26. The summed E-state index contributed by atoms with van der Waals surface area (Å²) < 4.78 is 0. The average Bonchev–Trinajstić information content (AvgIpc) is 3.70. The van der Waals surface area contributed by atoms with Crippen molar-refractivity contribution < 1.29 is 24.3 Å². The van der Waals surface area contributed by atoms with Crippen molar-refractivity contribution >= 4 is 57.3 Å². The Morgan fingerprint density at radius 1 is 0.688 bits per heavy atom. The first-order valence-corrected chi connectivity index (χ1v) is 17.1. The third-order valence-corrected chi connectivity index (χ3v) is 8.97. The first-order chi connectivity index (χ1) is 23.2. The number of aromatic amines is 2. The highest BCUT2D eigenvalue weighted by Crippen LogP contribution is 2.21. The number of nitrogens with one attached hydrogen (secondary N) is 5. The summed E-state index contributed by atoms with van der Waals surface area (Å²) in [6.45, 7) is 0. The normalized spacial score (nSPS) is 13.8. The first-order valence-electron chi connectivity index (χ1n) is 15.8. The smallest absolute Gasteiger partial charge is 0.326 e. The van der Waals surface area contributed by atoms with E-state index in [0.29, 0.717) is 12.2 Å². The maximum Gasteiger partial charge on any atom is 0.326 e. The molecule has 5 rings (SSSR count). The zero-order valence-corrected chi connectivity index (χ0v) is 27.4. The number of rotatable bonds is 16. The van der Waals surface area contributed by atoms with Crippen LogP contribution >= 0.6 is 11.8 Å². The molecule has 4 unspecified atom stereocenters. The molecule has 0 spiro atoms. The molecular formula is C36H40N6O5S. The number of amides is 3. The lowest BCUT2D eigenvalue weighted by atomic mass is 10.0. The van der Waals surface area contributed by atoms with Crippen LogP contribution in [0.1, 0.15) is 23.1 Å². The highest BCUT2D eigenvalue weighted by molar-refractivity contribution is 7.98. The van der Waals surface area contributed by atoms with Gasteiger partial charge in [-0.1, -0.05) is 66.7 Å². The van der Waals surface area contributed by atoms with E-state index < -0.39 is 47.9 Å². The number of hydrogen-bond acceptors (Lipinski definition) is 6. The molecular weight excluding hydrogens is 629 g/mol. The zero-order chi connectivity index (χ0) is 34.0. The Kier molecular flexibility index (Phi) is 11.5. The lowest BCUT2D eigenvalue weighted by molar-refractivity contribution is -0.142. The van der Waals surface area contributed by atoms with Crippen molar-refractivity contribution in [2.45, 2.75) is 49.9 Å². The number of H-pyrrole nitrogens is 2. The second-order valence-electron chi connectivity index (χ2n) is 11.7. The van der Waals surface area contributed by atoms with Crippen LogP contribution < -0.4 is 21.7 Å². The quantitative estimate of drug-likeness (QED) is 0.0842. The van der Waals surface area contributed by atoms with Crippen molar-refractivity contribution in [1.82, 2.24) is 25.9 Å². The molecule has 3 amide bonds. The lowest BCUT2D eigenvalue weighted by Gasteiger charge is -2.25. The van der Waals surface area contributed by atoms with Crippen molar-refractivity contribution in [3.8, 4) is 0 Å².